The lowest BCUT2D eigenvalue weighted by molar-refractivity contribution is -0.0206. The van der Waals surface area contributed by atoms with Gasteiger partial charge in [-0.3, -0.25) is 5.01 Å². The number of rotatable bonds is 8. The Bertz CT molecular complexity index is 1140. The highest BCUT2D eigenvalue weighted by Gasteiger charge is 2.44. The Morgan fingerprint density at radius 3 is 2.60 bits per heavy atom. The highest BCUT2D eigenvalue weighted by atomic mass is 19.1. The maximum absolute atomic E-state index is 14.8. The fraction of sp³-hybridized carbons (Fsp3) is 0.417. The molecule has 2 fully saturated rings. The summed E-state index contributed by atoms with van der Waals surface area (Å²) in [7, 11) is 0. The SMILES string of the molecule is O=NN1CCN(c2ccc(OC[C@@H]3CO[C@@](Cn4cncn4)(c4ccc(F)cc4F)C3)cc2)CC1. The summed E-state index contributed by atoms with van der Waals surface area (Å²) >= 11 is 0. The van der Waals surface area contributed by atoms with E-state index in [1.54, 1.807) is 11.0 Å². The van der Waals surface area contributed by atoms with Gasteiger partial charge in [-0.25, -0.2) is 18.4 Å². The minimum absolute atomic E-state index is 0.00608. The molecule has 3 heterocycles. The van der Waals surface area contributed by atoms with E-state index in [1.807, 2.05) is 24.3 Å². The third-order valence-electron chi connectivity index (χ3n) is 6.58. The molecule has 0 amide bonds. The molecular formula is C24H26F2N6O3. The summed E-state index contributed by atoms with van der Waals surface area (Å²) in [6, 6.07) is 11.4. The van der Waals surface area contributed by atoms with Crippen LogP contribution in [-0.2, 0) is 16.9 Å². The quantitative estimate of drug-likeness (QED) is 0.453. The van der Waals surface area contributed by atoms with E-state index in [0.717, 1.165) is 30.6 Å². The molecular weight excluding hydrogens is 458 g/mol. The number of halogens is 2. The number of nitrogens with zero attached hydrogens (tertiary/aromatic N) is 6. The third-order valence-corrected chi connectivity index (χ3v) is 6.58. The van der Waals surface area contributed by atoms with Crippen molar-refractivity contribution in [2.24, 2.45) is 11.2 Å². The van der Waals surface area contributed by atoms with Gasteiger partial charge < -0.3 is 14.4 Å². The van der Waals surface area contributed by atoms with E-state index in [4.69, 9.17) is 9.47 Å². The summed E-state index contributed by atoms with van der Waals surface area (Å²) < 4.78 is 42.1. The maximum Gasteiger partial charge on any atom is 0.137 e. The zero-order valence-electron chi connectivity index (χ0n) is 19.1. The molecule has 11 heteroatoms. The number of ether oxygens (including phenoxy) is 2. The molecule has 0 N–H and O–H groups in total. The van der Waals surface area contributed by atoms with Crippen LogP contribution in [0.4, 0.5) is 14.5 Å². The van der Waals surface area contributed by atoms with Crippen molar-refractivity contribution >= 4 is 5.69 Å². The van der Waals surface area contributed by atoms with Crippen LogP contribution >= 0.6 is 0 Å². The summed E-state index contributed by atoms with van der Waals surface area (Å²) in [4.78, 5) is 16.8. The average Bonchev–Trinajstić information content (AvgIpc) is 3.54. The van der Waals surface area contributed by atoms with Crippen molar-refractivity contribution in [3.05, 3.63) is 77.2 Å². The summed E-state index contributed by atoms with van der Waals surface area (Å²) in [5, 5.41) is 8.66. The number of anilines is 1. The molecule has 2 atom stereocenters. The normalized spacial score (nSPS) is 22.4. The summed E-state index contributed by atoms with van der Waals surface area (Å²) in [5.74, 6) is -0.548. The van der Waals surface area contributed by atoms with Gasteiger partial charge >= 0.3 is 0 Å². The largest absolute Gasteiger partial charge is 0.493 e. The van der Waals surface area contributed by atoms with Crippen LogP contribution in [0.3, 0.4) is 0 Å². The Morgan fingerprint density at radius 1 is 1.11 bits per heavy atom. The maximum atomic E-state index is 14.8. The molecule has 184 valence electrons. The van der Waals surface area contributed by atoms with Gasteiger partial charge in [-0.05, 0) is 36.8 Å². The second-order valence-electron chi connectivity index (χ2n) is 8.92. The minimum atomic E-state index is -0.998. The van der Waals surface area contributed by atoms with Crippen LogP contribution in [0.15, 0.2) is 60.4 Å². The molecule has 2 aromatic carbocycles. The van der Waals surface area contributed by atoms with Gasteiger partial charge in [0.15, 0.2) is 0 Å². The molecule has 2 aliphatic heterocycles. The van der Waals surface area contributed by atoms with Crippen molar-refractivity contribution in [1.82, 2.24) is 19.8 Å². The molecule has 2 aliphatic rings. The number of hydrogen-bond donors (Lipinski definition) is 0. The van der Waals surface area contributed by atoms with Crippen molar-refractivity contribution in [2.75, 3.05) is 44.3 Å². The van der Waals surface area contributed by atoms with E-state index in [1.165, 1.54) is 23.5 Å². The van der Waals surface area contributed by atoms with Gasteiger partial charge in [-0.2, -0.15) is 5.10 Å². The molecule has 0 unspecified atom stereocenters. The van der Waals surface area contributed by atoms with Gasteiger partial charge in [0, 0.05) is 36.3 Å². The van der Waals surface area contributed by atoms with E-state index < -0.39 is 17.2 Å². The van der Waals surface area contributed by atoms with Gasteiger partial charge in [0.1, 0.15) is 35.6 Å². The predicted octanol–water partition coefficient (Wildman–Crippen LogP) is 3.37. The number of hydrogen-bond acceptors (Lipinski definition) is 7. The molecule has 0 bridgehead atoms. The zero-order valence-corrected chi connectivity index (χ0v) is 19.1. The smallest absolute Gasteiger partial charge is 0.137 e. The lowest BCUT2D eigenvalue weighted by Crippen LogP contribution is -2.43. The third kappa shape index (κ3) is 5.09. The Kier molecular flexibility index (Phi) is 6.58. The minimum Gasteiger partial charge on any atom is -0.493 e. The Labute approximate surface area is 201 Å². The Balaban J connectivity index is 1.23. The summed E-state index contributed by atoms with van der Waals surface area (Å²) in [6.07, 6.45) is 3.45. The second-order valence-corrected chi connectivity index (χ2v) is 8.92. The first-order valence-electron chi connectivity index (χ1n) is 11.5. The molecule has 0 aliphatic carbocycles. The number of aromatic nitrogens is 3. The van der Waals surface area contributed by atoms with E-state index in [0.29, 0.717) is 38.3 Å². The molecule has 1 aromatic heterocycles. The number of benzene rings is 2. The zero-order chi connectivity index (χ0) is 24.3. The van der Waals surface area contributed by atoms with Crippen molar-refractivity contribution in [1.29, 1.82) is 0 Å². The highest BCUT2D eigenvalue weighted by molar-refractivity contribution is 5.49. The lowest BCUT2D eigenvalue weighted by atomic mass is 9.87. The van der Waals surface area contributed by atoms with Crippen LogP contribution in [-0.4, -0.2) is 59.2 Å². The number of piperazine rings is 1. The molecule has 0 saturated carbocycles. The predicted molar refractivity (Wildman–Crippen MR) is 124 cm³/mol. The molecule has 3 aromatic rings. The molecule has 2 saturated heterocycles. The fourth-order valence-electron chi connectivity index (χ4n) is 4.79. The van der Waals surface area contributed by atoms with Gasteiger partial charge in [-0.15, -0.1) is 4.91 Å². The fourth-order valence-corrected chi connectivity index (χ4v) is 4.79. The van der Waals surface area contributed by atoms with E-state index in [9.17, 15) is 13.7 Å². The Hall–Kier alpha value is -3.60. The second kappa shape index (κ2) is 9.95. The van der Waals surface area contributed by atoms with Gasteiger partial charge in [0.2, 0.25) is 0 Å². The van der Waals surface area contributed by atoms with Gasteiger partial charge in [0.05, 0.1) is 38.1 Å². The van der Waals surface area contributed by atoms with Gasteiger partial charge in [0.25, 0.3) is 0 Å². The summed E-state index contributed by atoms with van der Waals surface area (Å²) in [6.45, 7) is 3.71. The molecule has 9 nitrogen and oxygen atoms in total. The first-order valence-corrected chi connectivity index (χ1v) is 11.5. The molecule has 0 radical (unpaired) electrons. The monoisotopic (exact) mass is 484 g/mol. The topological polar surface area (TPSA) is 85.1 Å². The van der Waals surface area contributed by atoms with Gasteiger partial charge in [-0.1, -0.05) is 6.07 Å². The van der Waals surface area contributed by atoms with Crippen LogP contribution in [0.5, 0.6) is 5.75 Å². The van der Waals surface area contributed by atoms with E-state index in [2.05, 4.69) is 20.3 Å². The van der Waals surface area contributed by atoms with E-state index >= 15 is 0 Å². The molecule has 0 spiro atoms. The lowest BCUT2D eigenvalue weighted by Gasteiger charge is -2.32. The highest BCUT2D eigenvalue weighted by Crippen LogP contribution is 2.42. The van der Waals surface area contributed by atoms with Crippen LogP contribution in [0.25, 0.3) is 0 Å². The van der Waals surface area contributed by atoms with Crippen LogP contribution < -0.4 is 9.64 Å². The molecule has 5 rings (SSSR count). The average molecular weight is 485 g/mol. The van der Waals surface area contributed by atoms with E-state index in [-0.39, 0.29) is 12.5 Å². The first-order chi connectivity index (χ1) is 17.0. The molecule has 35 heavy (non-hydrogen) atoms. The number of nitroso groups, excluding NO2 is 1. The van der Waals surface area contributed by atoms with Crippen molar-refractivity contribution in [3.8, 4) is 5.75 Å². The summed E-state index contributed by atoms with van der Waals surface area (Å²) in [5.41, 5.74) is 0.360. The standard InChI is InChI=1S/C24H26F2N6O3/c25-19-1-6-22(23(26)11-19)24(15-32-17-27-16-28-32)12-18(14-35-24)13-34-21-4-2-20(3-5-21)30-7-9-31(29-33)10-8-30/h1-6,11,16-18H,7-10,12-15H2/t18-,24+/m1/s1. The Morgan fingerprint density at radius 2 is 1.91 bits per heavy atom. The van der Waals surface area contributed by atoms with Crippen LogP contribution in [0, 0.1) is 22.5 Å². The van der Waals surface area contributed by atoms with Crippen molar-refractivity contribution < 1.29 is 18.3 Å². The van der Waals surface area contributed by atoms with Crippen LogP contribution in [0.2, 0.25) is 0 Å². The van der Waals surface area contributed by atoms with Crippen molar-refractivity contribution in [3.63, 3.8) is 0 Å². The van der Waals surface area contributed by atoms with Crippen molar-refractivity contribution in [2.45, 2.75) is 18.6 Å². The van der Waals surface area contributed by atoms with Crippen LogP contribution in [0.1, 0.15) is 12.0 Å². The first kappa shape index (κ1) is 23.2.